The molecule has 8 nitrogen and oxygen atoms in total. The van der Waals surface area contributed by atoms with Crippen LogP contribution in [0.2, 0.25) is 0 Å². The smallest absolute Gasteiger partial charge is 0.242 e. The normalized spacial score (nSPS) is 19.8. The summed E-state index contributed by atoms with van der Waals surface area (Å²) in [5.41, 5.74) is 3.34. The number of β-amino-alcohol motifs (C(OH)–C–C–N with tert-alkyl or cyclic N) is 1. The van der Waals surface area contributed by atoms with Gasteiger partial charge < -0.3 is 25.6 Å². The zero-order chi connectivity index (χ0) is 29.5. The molecule has 1 aliphatic carbocycles. The molecular formula is C32H42F2N6O2. The van der Waals surface area contributed by atoms with Crippen LogP contribution in [0.15, 0.2) is 48.9 Å². The molecule has 10 heteroatoms. The molecule has 0 bridgehead atoms. The molecule has 42 heavy (non-hydrogen) atoms. The van der Waals surface area contributed by atoms with E-state index in [0.29, 0.717) is 49.2 Å². The highest BCUT2D eigenvalue weighted by molar-refractivity contribution is 5.94. The lowest BCUT2D eigenvalue weighted by atomic mass is 9.87. The van der Waals surface area contributed by atoms with E-state index in [4.69, 9.17) is 0 Å². The first kappa shape index (κ1) is 30.3. The Labute approximate surface area is 246 Å². The molecule has 5 rings (SSSR count). The van der Waals surface area contributed by atoms with E-state index in [-0.39, 0.29) is 18.1 Å². The van der Waals surface area contributed by atoms with Gasteiger partial charge in [-0.2, -0.15) is 0 Å². The number of likely N-dealkylation sites (tertiary alicyclic amines) is 1. The standard InChI is InChI=1S/C32H42F2N6O2/c1-2-6-29(37-25-11-10-22-15-24(33)16-28(34)27(22)17-25)32(42)38-31-20-40(21-36-31)30-9-4-3-7-23(30)18-35-12-14-39-13-5-8-26(41)19-39/h3-4,7,9,15-16,20-21,25-26,29,35,37,41H,2,5-6,8,10-14,17-19H2,1H3,(H,38,42)/t25-,26?,29+/m0/s1. The van der Waals surface area contributed by atoms with E-state index in [0.717, 1.165) is 62.8 Å². The quantitative estimate of drug-likeness (QED) is 0.243. The van der Waals surface area contributed by atoms with Crippen molar-refractivity contribution in [2.45, 2.75) is 76.6 Å². The van der Waals surface area contributed by atoms with Crippen LogP contribution in [0.3, 0.4) is 0 Å². The maximum atomic E-state index is 14.4. The van der Waals surface area contributed by atoms with E-state index in [1.54, 1.807) is 6.33 Å². The third-order valence-electron chi connectivity index (χ3n) is 8.30. The topological polar surface area (TPSA) is 94.5 Å². The van der Waals surface area contributed by atoms with Crippen LogP contribution in [-0.2, 0) is 24.2 Å². The Morgan fingerprint density at radius 3 is 2.90 bits per heavy atom. The number of imidazole rings is 1. The van der Waals surface area contributed by atoms with Crippen molar-refractivity contribution < 1.29 is 18.7 Å². The minimum absolute atomic E-state index is 0.0725. The lowest BCUT2D eigenvalue weighted by Gasteiger charge is -2.29. The minimum Gasteiger partial charge on any atom is -0.392 e. The van der Waals surface area contributed by atoms with Crippen LogP contribution in [-0.4, -0.2) is 69.8 Å². The summed E-state index contributed by atoms with van der Waals surface area (Å²) in [5, 5.41) is 19.8. The van der Waals surface area contributed by atoms with Gasteiger partial charge in [0.15, 0.2) is 5.82 Å². The number of benzene rings is 2. The number of aryl methyl sites for hydroxylation is 1. The Balaban J connectivity index is 1.17. The lowest BCUT2D eigenvalue weighted by molar-refractivity contribution is -0.118. The zero-order valence-electron chi connectivity index (χ0n) is 24.3. The molecule has 1 fully saturated rings. The van der Waals surface area contributed by atoms with Crippen molar-refractivity contribution in [3.8, 4) is 5.69 Å². The van der Waals surface area contributed by atoms with Gasteiger partial charge in [-0.15, -0.1) is 0 Å². The Kier molecular flexibility index (Phi) is 10.3. The predicted molar refractivity (Wildman–Crippen MR) is 160 cm³/mol. The minimum atomic E-state index is -0.548. The van der Waals surface area contributed by atoms with Crippen molar-refractivity contribution in [1.29, 1.82) is 0 Å². The summed E-state index contributed by atoms with van der Waals surface area (Å²) >= 11 is 0. The molecule has 1 saturated heterocycles. The van der Waals surface area contributed by atoms with E-state index in [1.165, 1.54) is 6.07 Å². The van der Waals surface area contributed by atoms with E-state index >= 15 is 0 Å². The van der Waals surface area contributed by atoms with Gasteiger partial charge in [0, 0.05) is 38.3 Å². The summed E-state index contributed by atoms with van der Waals surface area (Å²) < 4.78 is 30.0. The van der Waals surface area contributed by atoms with Crippen molar-refractivity contribution in [1.82, 2.24) is 25.1 Å². The summed E-state index contributed by atoms with van der Waals surface area (Å²) in [7, 11) is 0. The van der Waals surface area contributed by atoms with Crippen molar-refractivity contribution in [3.63, 3.8) is 0 Å². The average Bonchev–Trinajstić information content (AvgIpc) is 3.44. The number of aromatic nitrogens is 2. The van der Waals surface area contributed by atoms with Crippen LogP contribution >= 0.6 is 0 Å². The maximum absolute atomic E-state index is 14.4. The molecule has 3 atom stereocenters. The van der Waals surface area contributed by atoms with Crippen molar-refractivity contribution in [3.05, 3.63) is 77.2 Å². The largest absolute Gasteiger partial charge is 0.392 e. The number of hydrogen-bond donors (Lipinski definition) is 4. The molecule has 1 amide bonds. The third kappa shape index (κ3) is 7.80. The number of aliphatic hydroxyl groups excluding tert-OH is 1. The second kappa shape index (κ2) is 14.3. The van der Waals surface area contributed by atoms with Gasteiger partial charge in [-0.1, -0.05) is 31.5 Å². The Hall–Kier alpha value is -3.18. The van der Waals surface area contributed by atoms with Crippen LogP contribution in [0.5, 0.6) is 0 Å². The molecule has 4 N–H and O–H groups in total. The summed E-state index contributed by atoms with van der Waals surface area (Å²) in [6, 6.07) is 9.91. The molecule has 1 unspecified atom stereocenters. The van der Waals surface area contributed by atoms with Crippen LogP contribution in [0.25, 0.3) is 5.69 Å². The van der Waals surface area contributed by atoms with Gasteiger partial charge in [0.05, 0.1) is 24.0 Å². The SMILES string of the molecule is CCC[C@@H](N[C@H]1CCc2cc(F)cc(F)c2C1)C(=O)Nc1cn(-c2ccccc2CNCCN2CCCC(O)C2)cn1. The summed E-state index contributed by atoms with van der Waals surface area (Å²) in [4.78, 5) is 20.0. The number of rotatable bonds is 12. The molecule has 2 aromatic carbocycles. The number of aliphatic hydroxyl groups is 1. The van der Waals surface area contributed by atoms with Crippen LogP contribution in [0, 0.1) is 11.6 Å². The first-order chi connectivity index (χ1) is 20.4. The first-order valence-corrected chi connectivity index (χ1v) is 15.2. The Bertz CT molecular complexity index is 1350. The van der Waals surface area contributed by atoms with E-state index in [1.807, 2.05) is 35.9 Å². The van der Waals surface area contributed by atoms with Gasteiger partial charge in [0.1, 0.15) is 18.0 Å². The summed E-state index contributed by atoms with van der Waals surface area (Å²) in [6.45, 7) is 6.21. The number of amides is 1. The van der Waals surface area contributed by atoms with Gasteiger partial charge >= 0.3 is 0 Å². The molecule has 0 spiro atoms. The number of nitrogens with zero attached hydrogens (tertiary/aromatic N) is 3. The second-order valence-electron chi connectivity index (χ2n) is 11.5. The fourth-order valence-electron chi connectivity index (χ4n) is 6.13. The number of halogens is 2. The number of carbonyl (C=O) groups is 1. The highest BCUT2D eigenvalue weighted by Gasteiger charge is 2.27. The number of nitrogens with one attached hydrogen (secondary N) is 3. The number of hydrogen-bond acceptors (Lipinski definition) is 6. The van der Waals surface area contributed by atoms with E-state index in [2.05, 4.69) is 31.9 Å². The Morgan fingerprint density at radius 2 is 2.07 bits per heavy atom. The monoisotopic (exact) mass is 580 g/mol. The number of piperidine rings is 1. The molecule has 1 aromatic heterocycles. The average molecular weight is 581 g/mol. The van der Waals surface area contributed by atoms with Gasteiger partial charge in [0.2, 0.25) is 5.91 Å². The van der Waals surface area contributed by atoms with Crippen molar-refractivity contribution >= 4 is 11.7 Å². The number of fused-ring (bicyclic) bond motifs is 1. The van der Waals surface area contributed by atoms with Crippen LogP contribution in [0.4, 0.5) is 14.6 Å². The predicted octanol–water partition coefficient (Wildman–Crippen LogP) is 3.95. The number of para-hydroxylation sites is 1. The summed E-state index contributed by atoms with van der Waals surface area (Å²) in [5.74, 6) is -0.778. The van der Waals surface area contributed by atoms with Gasteiger partial charge in [-0.3, -0.25) is 9.69 Å². The molecule has 0 radical (unpaired) electrons. The molecule has 0 saturated carbocycles. The van der Waals surface area contributed by atoms with Crippen LogP contribution < -0.4 is 16.0 Å². The first-order valence-electron chi connectivity index (χ1n) is 15.2. The molecular weight excluding hydrogens is 538 g/mol. The van der Waals surface area contributed by atoms with Gasteiger partial charge in [0.25, 0.3) is 0 Å². The zero-order valence-corrected chi connectivity index (χ0v) is 24.3. The summed E-state index contributed by atoms with van der Waals surface area (Å²) in [6.07, 6.45) is 8.37. The second-order valence-corrected chi connectivity index (χ2v) is 11.5. The van der Waals surface area contributed by atoms with Crippen molar-refractivity contribution in [2.75, 3.05) is 31.5 Å². The molecule has 1 aliphatic heterocycles. The molecule has 3 aromatic rings. The highest BCUT2D eigenvalue weighted by Crippen LogP contribution is 2.26. The number of anilines is 1. The fourth-order valence-corrected chi connectivity index (χ4v) is 6.13. The van der Waals surface area contributed by atoms with Gasteiger partial charge in [-0.05, 0) is 73.9 Å². The maximum Gasteiger partial charge on any atom is 0.242 e. The molecule has 2 aliphatic rings. The van der Waals surface area contributed by atoms with E-state index in [9.17, 15) is 18.7 Å². The highest BCUT2D eigenvalue weighted by atomic mass is 19.1. The van der Waals surface area contributed by atoms with E-state index < -0.39 is 17.7 Å². The molecule has 2 heterocycles. The lowest BCUT2D eigenvalue weighted by Crippen LogP contribution is -2.48. The van der Waals surface area contributed by atoms with Crippen LogP contribution in [0.1, 0.15) is 55.7 Å². The third-order valence-corrected chi connectivity index (χ3v) is 8.30. The number of carbonyl (C=O) groups excluding carboxylic acids is 1. The Morgan fingerprint density at radius 1 is 1.21 bits per heavy atom. The fraction of sp³-hybridized carbons (Fsp3) is 0.500. The molecule has 226 valence electrons. The van der Waals surface area contributed by atoms with Crippen molar-refractivity contribution in [2.24, 2.45) is 0 Å². The van der Waals surface area contributed by atoms with Gasteiger partial charge in [-0.25, -0.2) is 13.8 Å².